The molecule has 0 heterocycles. The highest BCUT2D eigenvalue weighted by Crippen LogP contribution is 2.38. The van der Waals surface area contributed by atoms with Gasteiger partial charge in [0, 0.05) is 6.42 Å². The van der Waals surface area contributed by atoms with Crippen LogP contribution in [0.25, 0.3) is 0 Å². The minimum Gasteiger partial charge on any atom is -0.756 e. The van der Waals surface area contributed by atoms with Crippen LogP contribution in [-0.4, -0.2) is 69.2 Å². The summed E-state index contributed by atoms with van der Waals surface area (Å²) >= 11 is 0. The maximum absolute atomic E-state index is 11.9. The first-order valence-electron chi connectivity index (χ1n) is 22.7. The Bertz CT molecular complexity index is 978. The molecule has 8 nitrogen and oxygen atoms in total. The summed E-state index contributed by atoms with van der Waals surface area (Å²) in [4.78, 5) is 23.7. The van der Waals surface area contributed by atoms with Crippen molar-refractivity contribution in [2.45, 2.75) is 206 Å². The Morgan fingerprint density at radius 3 is 1.38 bits per heavy atom. The Balaban J connectivity index is 3.36. The van der Waals surface area contributed by atoms with Crippen LogP contribution >= 0.6 is 7.82 Å². The molecule has 0 aliphatic carbocycles. The second-order valence-electron chi connectivity index (χ2n) is 16.6. The lowest BCUT2D eigenvalue weighted by Gasteiger charge is -2.27. The van der Waals surface area contributed by atoms with Crippen molar-refractivity contribution in [1.82, 2.24) is 0 Å². The minimum atomic E-state index is -4.50. The molecule has 0 amide bonds. The van der Waals surface area contributed by atoms with E-state index in [1.54, 1.807) is 0 Å². The fourth-order valence-electron chi connectivity index (χ4n) is 6.31. The molecule has 55 heavy (non-hydrogen) atoms. The SMILES string of the molecule is CCCCCCC/C=C\C/C=C\C/C=C\CCCCCCCCCCCCCCCCCCCCCCC(=O)OCC(O)COP(=O)([O-])OCC[N+](C)(C)C. The fourth-order valence-corrected chi connectivity index (χ4v) is 7.04. The lowest BCUT2D eigenvalue weighted by atomic mass is 10.0. The molecule has 0 aromatic heterocycles. The monoisotopic (exact) mass is 798 g/mol. The van der Waals surface area contributed by atoms with Gasteiger partial charge in [-0.25, -0.2) is 0 Å². The lowest BCUT2D eigenvalue weighted by Crippen LogP contribution is -2.37. The number of aliphatic hydroxyl groups is 1. The van der Waals surface area contributed by atoms with Gasteiger partial charge < -0.3 is 28.3 Å². The maximum Gasteiger partial charge on any atom is 0.305 e. The Morgan fingerprint density at radius 1 is 0.582 bits per heavy atom. The van der Waals surface area contributed by atoms with Crippen LogP contribution in [0.3, 0.4) is 0 Å². The third-order valence-corrected chi connectivity index (χ3v) is 10.9. The molecular formula is C46H88NO7P. The second kappa shape index (κ2) is 39.5. The molecule has 0 radical (unpaired) electrons. The molecule has 0 aromatic carbocycles. The summed E-state index contributed by atoms with van der Waals surface area (Å²) in [7, 11) is 1.26. The van der Waals surface area contributed by atoms with E-state index in [2.05, 4.69) is 43.4 Å². The summed E-state index contributed by atoms with van der Waals surface area (Å²) in [6.45, 7) is 1.96. The molecule has 0 rings (SSSR count). The van der Waals surface area contributed by atoms with Crippen LogP contribution < -0.4 is 4.89 Å². The number of nitrogens with zero attached hydrogens (tertiary/aromatic N) is 1. The zero-order valence-corrected chi connectivity index (χ0v) is 37.3. The zero-order valence-electron chi connectivity index (χ0n) is 36.4. The molecule has 0 aromatic rings. The Morgan fingerprint density at radius 2 is 0.964 bits per heavy atom. The van der Waals surface area contributed by atoms with E-state index in [-0.39, 0.29) is 19.2 Å². The number of hydrogen-bond acceptors (Lipinski definition) is 7. The largest absolute Gasteiger partial charge is 0.756 e. The predicted octanol–water partition coefficient (Wildman–Crippen LogP) is 12.5. The maximum atomic E-state index is 11.9. The number of allylic oxidation sites excluding steroid dienone is 6. The normalized spacial score (nSPS) is 14.1. The number of quaternary nitrogens is 1. The lowest BCUT2D eigenvalue weighted by molar-refractivity contribution is -0.870. The molecule has 0 fully saturated rings. The van der Waals surface area contributed by atoms with Crippen molar-refractivity contribution < 1.29 is 37.6 Å². The number of carbonyl (C=O) groups is 1. The summed E-state index contributed by atoms with van der Waals surface area (Å²) in [5.41, 5.74) is 0. The van der Waals surface area contributed by atoms with Gasteiger partial charge in [0.15, 0.2) is 0 Å². The molecule has 0 saturated carbocycles. The topological polar surface area (TPSA) is 105 Å². The molecule has 324 valence electrons. The zero-order chi connectivity index (χ0) is 40.6. The van der Waals surface area contributed by atoms with E-state index in [4.69, 9.17) is 13.8 Å². The van der Waals surface area contributed by atoms with Crippen molar-refractivity contribution in [2.75, 3.05) is 47.5 Å². The van der Waals surface area contributed by atoms with Gasteiger partial charge in [0.1, 0.15) is 25.9 Å². The summed E-state index contributed by atoms with van der Waals surface area (Å²) < 4.78 is 26.9. The van der Waals surface area contributed by atoms with Gasteiger partial charge in [-0.2, -0.15) is 0 Å². The van der Waals surface area contributed by atoms with Crippen LogP contribution in [-0.2, 0) is 23.1 Å². The van der Waals surface area contributed by atoms with Crippen molar-refractivity contribution in [1.29, 1.82) is 0 Å². The smallest absolute Gasteiger partial charge is 0.305 e. The van der Waals surface area contributed by atoms with Crippen LogP contribution in [0.1, 0.15) is 200 Å². The van der Waals surface area contributed by atoms with Crippen molar-refractivity contribution in [3.05, 3.63) is 36.5 Å². The first kappa shape index (κ1) is 53.7. The van der Waals surface area contributed by atoms with Gasteiger partial charge in [0.05, 0.1) is 27.7 Å². The van der Waals surface area contributed by atoms with E-state index in [1.165, 1.54) is 154 Å². The average molecular weight is 798 g/mol. The molecule has 0 aliphatic heterocycles. The summed E-state index contributed by atoms with van der Waals surface area (Å²) in [5, 5.41) is 9.89. The van der Waals surface area contributed by atoms with Crippen molar-refractivity contribution in [2.24, 2.45) is 0 Å². The van der Waals surface area contributed by atoms with Crippen molar-refractivity contribution in [3.8, 4) is 0 Å². The number of esters is 1. The molecule has 0 saturated heterocycles. The van der Waals surface area contributed by atoms with E-state index in [1.807, 2.05) is 21.1 Å². The predicted molar refractivity (Wildman–Crippen MR) is 231 cm³/mol. The molecule has 0 aliphatic rings. The molecule has 9 heteroatoms. The van der Waals surface area contributed by atoms with Gasteiger partial charge >= 0.3 is 5.97 Å². The summed E-state index contributed by atoms with van der Waals surface area (Å²) in [6, 6.07) is 0. The van der Waals surface area contributed by atoms with Gasteiger partial charge in [0.2, 0.25) is 0 Å². The first-order chi connectivity index (χ1) is 26.6. The number of unbranched alkanes of at least 4 members (excludes halogenated alkanes) is 25. The van der Waals surface area contributed by atoms with Crippen LogP contribution in [0.4, 0.5) is 0 Å². The van der Waals surface area contributed by atoms with Crippen molar-refractivity contribution >= 4 is 13.8 Å². The molecular weight excluding hydrogens is 709 g/mol. The number of carbonyl (C=O) groups excluding carboxylic acids is 1. The minimum absolute atomic E-state index is 0.00726. The fraction of sp³-hybridized carbons (Fsp3) is 0.848. The molecule has 2 atom stereocenters. The van der Waals surface area contributed by atoms with Gasteiger partial charge in [-0.15, -0.1) is 0 Å². The van der Waals surface area contributed by atoms with Crippen LogP contribution in [0.5, 0.6) is 0 Å². The number of phosphoric ester groups is 1. The van der Waals surface area contributed by atoms with Crippen LogP contribution in [0.15, 0.2) is 36.5 Å². The van der Waals surface area contributed by atoms with Gasteiger partial charge in [-0.3, -0.25) is 9.36 Å². The number of phosphoric acid groups is 1. The number of likely N-dealkylation sites (N-methyl/N-ethyl adjacent to an activating group) is 1. The summed E-state index contributed by atoms with van der Waals surface area (Å²) in [6.07, 6.45) is 50.5. The highest BCUT2D eigenvalue weighted by molar-refractivity contribution is 7.45. The van der Waals surface area contributed by atoms with Gasteiger partial charge in [0.25, 0.3) is 7.82 Å². The molecule has 0 spiro atoms. The number of rotatable bonds is 42. The van der Waals surface area contributed by atoms with E-state index < -0.39 is 20.5 Å². The molecule has 0 bridgehead atoms. The van der Waals surface area contributed by atoms with Gasteiger partial charge in [-0.1, -0.05) is 185 Å². The Hall–Kier alpha value is -1.28. The van der Waals surface area contributed by atoms with Gasteiger partial charge in [-0.05, 0) is 44.9 Å². The highest BCUT2D eigenvalue weighted by Gasteiger charge is 2.17. The van der Waals surface area contributed by atoms with E-state index in [9.17, 15) is 19.4 Å². The highest BCUT2D eigenvalue weighted by atomic mass is 31.2. The Labute approximate surface area is 340 Å². The summed E-state index contributed by atoms with van der Waals surface area (Å²) in [5.74, 6) is -0.384. The van der Waals surface area contributed by atoms with Crippen LogP contribution in [0, 0.1) is 0 Å². The molecule has 2 unspecified atom stereocenters. The third kappa shape index (κ3) is 45.3. The number of ether oxygens (including phenoxy) is 1. The van der Waals surface area contributed by atoms with Crippen molar-refractivity contribution in [3.63, 3.8) is 0 Å². The Kier molecular flexibility index (Phi) is 38.6. The van der Waals surface area contributed by atoms with Crippen LogP contribution in [0.2, 0.25) is 0 Å². The quantitative estimate of drug-likeness (QED) is 0.0215. The number of aliphatic hydroxyl groups excluding tert-OH is 1. The first-order valence-corrected chi connectivity index (χ1v) is 24.2. The van der Waals surface area contributed by atoms with E-state index in [0.29, 0.717) is 17.4 Å². The third-order valence-electron chi connectivity index (χ3n) is 9.89. The average Bonchev–Trinajstić information content (AvgIpc) is 3.14. The second-order valence-corrected chi connectivity index (χ2v) is 18.0. The number of hydrogen-bond donors (Lipinski definition) is 1. The van der Waals surface area contributed by atoms with E-state index in [0.717, 1.165) is 32.1 Å². The molecule has 1 N–H and O–H groups in total. The standard InChI is InChI=1S/C46H88NO7P/c1-5-6-7-8-9-10-11-12-13-14-15-16-17-18-19-20-21-22-23-24-25-26-27-28-29-30-31-32-33-34-35-36-37-38-39-40-46(49)52-43-45(48)44-54-55(50,51)53-42-41-47(2,3)4/h11-12,14-15,17-18,45,48H,5-10,13,16,19-44H2,1-4H3/b12-11-,15-14-,18-17-. The van der Waals surface area contributed by atoms with E-state index >= 15 is 0 Å².